The highest BCUT2D eigenvalue weighted by molar-refractivity contribution is 5.87. The van der Waals surface area contributed by atoms with Gasteiger partial charge in [-0.25, -0.2) is 0 Å². The molecule has 1 amide bonds. The quantitative estimate of drug-likeness (QED) is 0.375. The van der Waals surface area contributed by atoms with Gasteiger partial charge >= 0.3 is 0 Å². The van der Waals surface area contributed by atoms with Crippen LogP contribution in [0.15, 0.2) is 5.11 Å². The first-order chi connectivity index (χ1) is 6.78. The van der Waals surface area contributed by atoms with Crippen LogP contribution in [0, 0.1) is 0 Å². The van der Waals surface area contributed by atoms with Crippen LogP contribution < -0.4 is 0 Å². The molecule has 14 heavy (non-hydrogen) atoms. The molecule has 2 aliphatic rings. The lowest BCUT2D eigenvalue weighted by molar-refractivity contribution is -0.138. The van der Waals surface area contributed by atoms with Crippen LogP contribution in [0.5, 0.6) is 0 Å². The third-order valence-corrected chi connectivity index (χ3v) is 3.21. The van der Waals surface area contributed by atoms with E-state index in [0.717, 1.165) is 45.2 Å². The molecule has 0 aromatic rings. The van der Waals surface area contributed by atoms with Crippen molar-refractivity contribution in [2.24, 2.45) is 5.11 Å². The molecule has 0 unspecified atom stereocenters. The fourth-order valence-corrected chi connectivity index (χ4v) is 2.17. The van der Waals surface area contributed by atoms with E-state index in [2.05, 4.69) is 10.0 Å². The summed E-state index contributed by atoms with van der Waals surface area (Å²) < 4.78 is 0. The Morgan fingerprint density at radius 2 is 1.93 bits per heavy atom. The Hall–Kier alpha value is -1.22. The molecule has 1 saturated carbocycles. The average molecular weight is 194 g/mol. The molecule has 1 saturated heterocycles. The lowest BCUT2D eigenvalue weighted by atomic mass is 9.76. The lowest BCUT2D eigenvalue weighted by Gasteiger charge is -2.38. The summed E-state index contributed by atoms with van der Waals surface area (Å²) in [6, 6.07) is 0. The number of rotatable bonds is 2. The Balaban J connectivity index is 2.11. The van der Waals surface area contributed by atoms with Crippen molar-refractivity contribution in [3.63, 3.8) is 0 Å². The Kier molecular flexibility index (Phi) is 2.33. The minimum atomic E-state index is -0.709. The van der Waals surface area contributed by atoms with E-state index in [0.29, 0.717) is 0 Å². The molecule has 0 aromatic heterocycles. The Morgan fingerprint density at radius 3 is 2.36 bits per heavy atom. The minimum Gasteiger partial charge on any atom is -0.342 e. The summed E-state index contributed by atoms with van der Waals surface area (Å²) in [5.41, 5.74) is 7.74. The zero-order valence-electron chi connectivity index (χ0n) is 8.15. The van der Waals surface area contributed by atoms with Crippen LogP contribution >= 0.6 is 0 Å². The molecule has 1 aliphatic heterocycles. The standard InChI is InChI=1S/C9H14N4O/c10-12-11-9(4-3-5-9)8(14)13-6-1-2-7-13/h1-7H2. The van der Waals surface area contributed by atoms with Crippen molar-refractivity contribution < 1.29 is 4.79 Å². The van der Waals surface area contributed by atoms with Gasteiger partial charge in [0.05, 0.1) is 0 Å². The summed E-state index contributed by atoms with van der Waals surface area (Å²) >= 11 is 0. The second-order valence-electron chi connectivity index (χ2n) is 4.07. The predicted octanol–water partition coefficient (Wildman–Crippen LogP) is 1.84. The molecule has 0 atom stereocenters. The second kappa shape index (κ2) is 3.50. The summed E-state index contributed by atoms with van der Waals surface area (Å²) in [5, 5.41) is 3.70. The van der Waals surface area contributed by atoms with Crippen LogP contribution in [0.1, 0.15) is 32.1 Å². The van der Waals surface area contributed by atoms with Crippen molar-refractivity contribution in [2.75, 3.05) is 13.1 Å². The summed E-state index contributed by atoms with van der Waals surface area (Å²) in [6.07, 6.45) is 4.62. The van der Waals surface area contributed by atoms with Gasteiger partial charge in [-0.2, -0.15) is 0 Å². The molecule has 76 valence electrons. The van der Waals surface area contributed by atoms with Crippen LogP contribution in [0.4, 0.5) is 0 Å². The average Bonchev–Trinajstić information content (AvgIpc) is 2.62. The van der Waals surface area contributed by atoms with Crippen LogP contribution in [0.3, 0.4) is 0 Å². The monoisotopic (exact) mass is 194 g/mol. The molecule has 0 radical (unpaired) electrons. The van der Waals surface area contributed by atoms with Gasteiger partial charge < -0.3 is 4.90 Å². The minimum absolute atomic E-state index is 0.0547. The summed E-state index contributed by atoms with van der Waals surface area (Å²) in [4.78, 5) is 16.6. The summed E-state index contributed by atoms with van der Waals surface area (Å²) in [6.45, 7) is 1.67. The third kappa shape index (κ3) is 1.34. The van der Waals surface area contributed by atoms with Crippen molar-refractivity contribution in [3.8, 4) is 0 Å². The summed E-state index contributed by atoms with van der Waals surface area (Å²) in [7, 11) is 0. The van der Waals surface area contributed by atoms with Gasteiger partial charge in [0.25, 0.3) is 0 Å². The topological polar surface area (TPSA) is 69.1 Å². The van der Waals surface area contributed by atoms with E-state index in [9.17, 15) is 4.79 Å². The predicted molar refractivity (Wildman–Crippen MR) is 51.5 cm³/mol. The molecule has 2 rings (SSSR count). The van der Waals surface area contributed by atoms with Gasteiger partial charge in [-0.05, 0) is 31.2 Å². The van der Waals surface area contributed by atoms with Gasteiger partial charge in [-0.1, -0.05) is 11.5 Å². The van der Waals surface area contributed by atoms with Crippen molar-refractivity contribution in [2.45, 2.75) is 37.6 Å². The van der Waals surface area contributed by atoms with Crippen LogP contribution in [0.2, 0.25) is 0 Å². The molecular formula is C9H14N4O. The highest BCUT2D eigenvalue weighted by Gasteiger charge is 2.46. The number of hydrogen-bond acceptors (Lipinski definition) is 2. The fraction of sp³-hybridized carbons (Fsp3) is 0.889. The molecule has 0 bridgehead atoms. The molecule has 5 nitrogen and oxygen atoms in total. The van der Waals surface area contributed by atoms with E-state index in [4.69, 9.17) is 5.53 Å². The number of carbonyl (C=O) groups is 1. The van der Waals surface area contributed by atoms with E-state index in [1.54, 1.807) is 0 Å². The van der Waals surface area contributed by atoms with Crippen LogP contribution in [-0.4, -0.2) is 29.4 Å². The van der Waals surface area contributed by atoms with Crippen molar-refractivity contribution in [1.29, 1.82) is 0 Å². The van der Waals surface area contributed by atoms with Gasteiger partial charge in [0.2, 0.25) is 5.91 Å². The fourth-order valence-electron chi connectivity index (χ4n) is 2.17. The van der Waals surface area contributed by atoms with Crippen LogP contribution in [0.25, 0.3) is 10.4 Å². The van der Waals surface area contributed by atoms with Crippen molar-refractivity contribution in [3.05, 3.63) is 10.4 Å². The van der Waals surface area contributed by atoms with Gasteiger partial charge in [0.1, 0.15) is 5.54 Å². The summed E-state index contributed by atoms with van der Waals surface area (Å²) in [5.74, 6) is 0.0547. The van der Waals surface area contributed by atoms with E-state index < -0.39 is 5.54 Å². The molecular weight excluding hydrogens is 180 g/mol. The molecule has 0 N–H and O–H groups in total. The highest BCUT2D eigenvalue weighted by atomic mass is 16.2. The normalized spacial score (nSPS) is 23.9. The van der Waals surface area contributed by atoms with Gasteiger partial charge in [-0.15, -0.1) is 0 Å². The molecule has 2 fully saturated rings. The number of amides is 1. The number of likely N-dealkylation sites (tertiary alicyclic amines) is 1. The molecule has 0 aromatic carbocycles. The Bertz CT molecular complexity index is 285. The van der Waals surface area contributed by atoms with E-state index in [-0.39, 0.29) is 5.91 Å². The van der Waals surface area contributed by atoms with Crippen molar-refractivity contribution >= 4 is 5.91 Å². The van der Waals surface area contributed by atoms with E-state index in [1.165, 1.54) is 0 Å². The maximum atomic E-state index is 12.0. The maximum absolute atomic E-state index is 12.0. The van der Waals surface area contributed by atoms with E-state index in [1.807, 2.05) is 4.90 Å². The highest BCUT2D eigenvalue weighted by Crippen LogP contribution is 2.38. The number of nitrogens with zero attached hydrogens (tertiary/aromatic N) is 4. The lowest BCUT2D eigenvalue weighted by Crippen LogP contribution is -2.50. The zero-order valence-corrected chi connectivity index (χ0v) is 8.15. The molecule has 1 aliphatic carbocycles. The number of hydrogen-bond donors (Lipinski definition) is 0. The SMILES string of the molecule is [N-]=[N+]=NC1(C(=O)N2CCCC2)CCC1. The molecule has 5 heteroatoms. The molecule has 1 heterocycles. The first-order valence-corrected chi connectivity index (χ1v) is 5.14. The Morgan fingerprint density at radius 1 is 1.29 bits per heavy atom. The van der Waals surface area contributed by atoms with E-state index >= 15 is 0 Å². The van der Waals surface area contributed by atoms with Crippen molar-refractivity contribution in [1.82, 2.24) is 4.90 Å². The van der Waals surface area contributed by atoms with Crippen LogP contribution in [-0.2, 0) is 4.79 Å². The number of azide groups is 1. The zero-order chi connectivity index (χ0) is 10.0. The third-order valence-electron chi connectivity index (χ3n) is 3.21. The van der Waals surface area contributed by atoms with Gasteiger partial charge in [0, 0.05) is 18.0 Å². The Labute approximate surface area is 82.7 Å². The second-order valence-corrected chi connectivity index (χ2v) is 4.07. The largest absolute Gasteiger partial charge is 0.342 e. The first kappa shape index (κ1) is 9.34. The molecule has 0 spiro atoms. The van der Waals surface area contributed by atoms with Gasteiger partial charge in [0.15, 0.2) is 0 Å². The number of carbonyl (C=O) groups excluding carboxylic acids is 1. The first-order valence-electron chi connectivity index (χ1n) is 5.14. The van der Waals surface area contributed by atoms with Gasteiger partial charge in [-0.3, -0.25) is 4.79 Å². The smallest absolute Gasteiger partial charge is 0.234 e. The maximum Gasteiger partial charge on any atom is 0.234 e.